The van der Waals surface area contributed by atoms with Gasteiger partial charge in [-0.25, -0.2) is 15.0 Å². The third kappa shape index (κ3) is 7.35. The zero-order chi connectivity index (χ0) is 37.0. The van der Waals surface area contributed by atoms with Gasteiger partial charge in [0.2, 0.25) is 0 Å². The van der Waals surface area contributed by atoms with Crippen LogP contribution in [-0.2, 0) is 0 Å². The maximum atomic E-state index is 5.18. The molecule has 9 rings (SSSR count). The quantitative estimate of drug-likeness (QED) is 0.158. The van der Waals surface area contributed by atoms with Gasteiger partial charge in [-0.3, -0.25) is 4.98 Å². The molecule has 0 N–H and O–H groups in total. The molecule has 2 heterocycles. The number of rotatable bonds is 8. The number of aryl methyl sites for hydroxylation is 1. The average molecular weight is 705 g/mol. The SMILES string of the molecule is Cc1ccc(-c2cc(-c3ccc(-c4cccnc4)cc3)cc(-c3nc(-c4ccc(-c5ccccc5)cc4)nc(-c4ccc(-c5ccccc5)cc4)n3)c2)cc1. The van der Waals surface area contributed by atoms with Crippen molar-refractivity contribution in [1.82, 2.24) is 19.9 Å². The summed E-state index contributed by atoms with van der Waals surface area (Å²) in [5, 5.41) is 0. The van der Waals surface area contributed by atoms with E-state index in [2.05, 4.69) is 182 Å². The van der Waals surface area contributed by atoms with Gasteiger partial charge in [0.1, 0.15) is 0 Å². The Labute approximate surface area is 321 Å². The van der Waals surface area contributed by atoms with Gasteiger partial charge < -0.3 is 0 Å². The van der Waals surface area contributed by atoms with Gasteiger partial charge >= 0.3 is 0 Å². The maximum absolute atomic E-state index is 5.18. The number of nitrogens with zero attached hydrogens (tertiary/aromatic N) is 4. The fourth-order valence-corrected chi connectivity index (χ4v) is 6.87. The molecule has 0 fully saturated rings. The van der Waals surface area contributed by atoms with Gasteiger partial charge in [-0.2, -0.15) is 0 Å². The van der Waals surface area contributed by atoms with Gasteiger partial charge in [0, 0.05) is 29.1 Å². The van der Waals surface area contributed by atoms with Crippen LogP contribution in [0.25, 0.3) is 89.8 Å². The molecule has 2 aromatic heterocycles. The van der Waals surface area contributed by atoms with Crippen molar-refractivity contribution in [2.75, 3.05) is 0 Å². The average Bonchev–Trinajstić information content (AvgIpc) is 3.27. The van der Waals surface area contributed by atoms with Crippen LogP contribution in [0.3, 0.4) is 0 Å². The minimum atomic E-state index is 0.612. The lowest BCUT2D eigenvalue weighted by atomic mass is 9.94. The Morgan fingerprint density at radius 2 is 0.600 bits per heavy atom. The summed E-state index contributed by atoms with van der Waals surface area (Å²) < 4.78 is 0. The largest absolute Gasteiger partial charge is 0.264 e. The van der Waals surface area contributed by atoms with Crippen LogP contribution in [0.5, 0.6) is 0 Å². The van der Waals surface area contributed by atoms with Crippen LogP contribution in [0.1, 0.15) is 5.56 Å². The molecule has 260 valence electrons. The van der Waals surface area contributed by atoms with E-state index >= 15 is 0 Å². The summed E-state index contributed by atoms with van der Waals surface area (Å²) in [7, 11) is 0. The van der Waals surface area contributed by atoms with Gasteiger partial charge in [0.05, 0.1) is 0 Å². The Morgan fingerprint density at radius 3 is 1.04 bits per heavy atom. The highest BCUT2D eigenvalue weighted by Crippen LogP contribution is 2.35. The summed E-state index contributed by atoms with van der Waals surface area (Å²) in [5.74, 6) is 1.85. The van der Waals surface area contributed by atoms with Crippen LogP contribution in [0.15, 0.2) is 200 Å². The summed E-state index contributed by atoms with van der Waals surface area (Å²) in [6, 6.07) is 65.7. The van der Waals surface area contributed by atoms with Crippen molar-refractivity contribution < 1.29 is 0 Å². The van der Waals surface area contributed by atoms with Gasteiger partial charge in [0.15, 0.2) is 17.5 Å². The second-order valence-electron chi connectivity index (χ2n) is 13.7. The first-order valence-corrected chi connectivity index (χ1v) is 18.4. The Balaban J connectivity index is 1.18. The number of hydrogen-bond acceptors (Lipinski definition) is 4. The third-order valence-electron chi connectivity index (χ3n) is 9.93. The molecule has 0 bridgehead atoms. The number of benzene rings is 7. The van der Waals surface area contributed by atoms with E-state index in [0.717, 1.165) is 61.2 Å². The molecule has 55 heavy (non-hydrogen) atoms. The van der Waals surface area contributed by atoms with Gasteiger partial charge in [-0.15, -0.1) is 0 Å². The molecular weight excluding hydrogens is 669 g/mol. The lowest BCUT2D eigenvalue weighted by Crippen LogP contribution is -2.00. The van der Waals surface area contributed by atoms with E-state index < -0.39 is 0 Å². The van der Waals surface area contributed by atoms with Crippen LogP contribution in [0, 0.1) is 6.92 Å². The lowest BCUT2D eigenvalue weighted by molar-refractivity contribution is 1.07. The molecule has 0 unspecified atom stereocenters. The van der Waals surface area contributed by atoms with Crippen molar-refractivity contribution in [2.45, 2.75) is 6.92 Å². The van der Waals surface area contributed by atoms with Crippen LogP contribution in [0.2, 0.25) is 0 Å². The first kappa shape index (κ1) is 33.5. The Hall–Kier alpha value is -7.30. The van der Waals surface area contributed by atoms with E-state index in [4.69, 9.17) is 15.0 Å². The molecule has 4 nitrogen and oxygen atoms in total. The molecule has 0 atom stereocenters. The van der Waals surface area contributed by atoms with E-state index in [1.165, 1.54) is 16.7 Å². The fourth-order valence-electron chi connectivity index (χ4n) is 6.87. The second kappa shape index (κ2) is 15.0. The van der Waals surface area contributed by atoms with Crippen molar-refractivity contribution in [3.8, 4) is 89.8 Å². The minimum Gasteiger partial charge on any atom is -0.264 e. The number of hydrogen-bond donors (Lipinski definition) is 0. The number of aromatic nitrogens is 4. The smallest absolute Gasteiger partial charge is 0.164 e. The predicted molar refractivity (Wildman–Crippen MR) is 226 cm³/mol. The van der Waals surface area contributed by atoms with Crippen molar-refractivity contribution in [3.05, 3.63) is 206 Å². The normalized spacial score (nSPS) is 11.0. The molecule has 0 spiro atoms. The molecule has 0 amide bonds. The molecule has 7 aromatic carbocycles. The fraction of sp³-hybridized carbons (Fsp3) is 0.0196. The highest BCUT2D eigenvalue weighted by atomic mass is 15.0. The van der Waals surface area contributed by atoms with Crippen molar-refractivity contribution in [2.24, 2.45) is 0 Å². The molecule has 0 saturated heterocycles. The molecule has 0 aliphatic heterocycles. The third-order valence-corrected chi connectivity index (χ3v) is 9.93. The lowest BCUT2D eigenvalue weighted by Gasteiger charge is -2.13. The molecule has 0 radical (unpaired) electrons. The Morgan fingerprint density at radius 1 is 0.273 bits per heavy atom. The molecule has 0 aliphatic carbocycles. The maximum Gasteiger partial charge on any atom is 0.164 e. The summed E-state index contributed by atoms with van der Waals surface area (Å²) in [5.41, 5.74) is 15.2. The first-order chi connectivity index (χ1) is 27.1. The van der Waals surface area contributed by atoms with Crippen molar-refractivity contribution >= 4 is 0 Å². The van der Waals surface area contributed by atoms with Crippen molar-refractivity contribution in [3.63, 3.8) is 0 Å². The van der Waals surface area contributed by atoms with Gasteiger partial charge in [-0.05, 0) is 86.8 Å². The van der Waals surface area contributed by atoms with E-state index in [-0.39, 0.29) is 0 Å². The monoisotopic (exact) mass is 704 g/mol. The molecule has 0 saturated carbocycles. The van der Waals surface area contributed by atoms with Crippen molar-refractivity contribution in [1.29, 1.82) is 0 Å². The summed E-state index contributed by atoms with van der Waals surface area (Å²) in [6.45, 7) is 2.11. The predicted octanol–water partition coefficient (Wildman–Crippen LogP) is 12.9. The zero-order valence-electron chi connectivity index (χ0n) is 30.3. The van der Waals surface area contributed by atoms with E-state index in [1.54, 1.807) is 6.20 Å². The van der Waals surface area contributed by atoms with Gasteiger partial charge in [0.25, 0.3) is 0 Å². The highest BCUT2D eigenvalue weighted by molar-refractivity contribution is 5.82. The Bertz CT molecular complexity index is 2590. The second-order valence-corrected chi connectivity index (χ2v) is 13.7. The molecule has 0 aliphatic rings. The molecule has 4 heteroatoms. The summed E-state index contributed by atoms with van der Waals surface area (Å²) in [4.78, 5) is 19.7. The van der Waals surface area contributed by atoms with Crippen LogP contribution in [-0.4, -0.2) is 19.9 Å². The first-order valence-electron chi connectivity index (χ1n) is 18.4. The van der Waals surface area contributed by atoms with E-state index in [9.17, 15) is 0 Å². The summed E-state index contributed by atoms with van der Waals surface area (Å²) in [6.07, 6.45) is 3.69. The van der Waals surface area contributed by atoms with Crippen LogP contribution >= 0.6 is 0 Å². The van der Waals surface area contributed by atoms with Crippen LogP contribution < -0.4 is 0 Å². The minimum absolute atomic E-state index is 0.612. The number of pyridine rings is 1. The van der Waals surface area contributed by atoms with Gasteiger partial charge in [-0.1, -0.05) is 169 Å². The topological polar surface area (TPSA) is 51.6 Å². The molecular formula is C51H36N4. The summed E-state index contributed by atoms with van der Waals surface area (Å²) >= 11 is 0. The van der Waals surface area contributed by atoms with Crippen LogP contribution in [0.4, 0.5) is 0 Å². The van der Waals surface area contributed by atoms with E-state index in [0.29, 0.717) is 17.5 Å². The van der Waals surface area contributed by atoms with E-state index in [1.807, 2.05) is 24.4 Å². The highest BCUT2D eigenvalue weighted by Gasteiger charge is 2.16. The standard InChI is InChI=1S/C51H36N4/c1-35-14-16-41(17-15-35)46-31-47(42-20-18-40(19-21-42)45-13-8-30-52-34-45)33-48(32-46)51-54-49(43-26-22-38(23-27-43)36-9-4-2-5-10-36)53-50(55-51)44-28-24-39(25-29-44)37-11-6-3-7-12-37/h2-34H,1H3. The molecule has 9 aromatic rings. The Kier molecular flexibility index (Phi) is 9.13. The zero-order valence-corrected chi connectivity index (χ0v) is 30.3.